The van der Waals surface area contributed by atoms with Crippen molar-refractivity contribution in [1.82, 2.24) is 0 Å². The molecule has 0 aromatic heterocycles. The second-order valence-corrected chi connectivity index (χ2v) is 5.17. The lowest BCUT2D eigenvalue weighted by Gasteiger charge is -2.32. The Morgan fingerprint density at radius 3 is 1.80 bits per heavy atom. The summed E-state index contributed by atoms with van der Waals surface area (Å²) in [4.78, 5) is 22.1. The number of thioether (sulfide) groups is 1. The average Bonchev–Trinajstić information content (AvgIpc) is 2.23. The van der Waals surface area contributed by atoms with E-state index in [9.17, 15) is 40.3 Å². The molecule has 0 aliphatic carbocycles. The van der Waals surface area contributed by atoms with Gasteiger partial charge in [0.2, 0.25) is 0 Å². The van der Waals surface area contributed by atoms with Gasteiger partial charge in [0, 0.05) is 6.42 Å². The third-order valence-electron chi connectivity index (χ3n) is 2.27. The Hall–Kier alpha value is -0.800. The summed E-state index contributed by atoms with van der Waals surface area (Å²) in [6.07, 6.45) is -7.91. The second-order valence-electron chi connectivity index (χ2n) is 3.91. The van der Waals surface area contributed by atoms with Gasteiger partial charge in [0.25, 0.3) is 0 Å². The molecule has 0 aliphatic rings. The zero-order chi connectivity index (χ0) is 16.4. The van der Waals surface area contributed by atoms with E-state index in [0.717, 1.165) is 6.92 Å². The van der Waals surface area contributed by atoms with E-state index >= 15 is 0 Å². The molecule has 2 nitrogen and oxygen atoms in total. The molecule has 0 N–H and O–H groups in total. The first-order chi connectivity index (χ1) is 8.79. The van der Waals surface area contributed by atoms with Crippen LogP contribution in [0, 0.1) is 5.92 Å². The van der Waals surface area contributed by atoms with Gasteiger partial charge in [0.05, 0.1) is 0 Å². The van der Waals surface area contributed by atoms with Gasteiger partial charge in [-0.1, -0.05) is 18.7 Å². The molecule has 0 fully saturated rings. The van der Waals surface area contributed by atoms with Crippen LogP contribution in [0.5, 0.6) is 0 Å². The number of Topliss-reactive ketones (excluding diaryl/α,β-unsaturated/α-hetero) is 1. The van der Waals surface area contributed by atoms with Gasteiger partial charge in [-0.25, -0.2) is 0 Å². The Kier molecular flexibility index (Phi) is 6.06. The van der Waals surface area contributed by atoms with Crippen molar-refractivity contribution in [3.8, 4) is 0 Å². The number of carbonyl (C=O) groups is 2. The maximum atomic E-state index is 13.4. The van der Waals surface area contributed by atoms with E-state index in [4.69, 9.17) is 0 Å². The molecule has 0 amide bonds. The number of ketones is 1. The van der Waals surface area contributed by atoms with Crippen LogP contribution in [0.1, 0.15) is 20.3 Å². The maximum Gasteiger partial charge on any atom is 0.459 e. The molecule has 1 unspecified atom stereocenters. The van der Waals surface area contributed by atoms with Crippen molar-refractivity contribution in [2.75, 3.05) is 5.75 Å². The van der Waals surface area contributed by atoms with E-state index < -0.39 is 41.3 Å². The first-order valence-corrected chi connectivity index (χ1v) is 6.26. The molecule has 0 heterocycles. The molecule has 0 radical (unpaired) electrons. The zero-order valence-corrected chi connectivity index (χ0v) is 11.2. The van der Waals surface area contributed by atoms with Crippen LogP contribution in [0.2, 0.25) is 0 Å². The van der Waals surface area contributed by atoms with Gasteiger partial charge in [-0.15, -0.1) is 0 Å². The van der Waals surface area contributed by atoms with Crippen molar-refractivity contribution >= 4 is 22.7 Å². The number of hydrogen-bond acceptors (Lipinski definition) is 3. The lowest BCUT2D eigenvalue weighted by atomic mass is 9.92. The minimum absolute atomic E-state index is 0.0963. The number of rotatable bonds is 6. The molecule has 0 spiro atoms. The summed E-state index contributed by atoms with van der Waals surface area (Å²) in [5.41, 5.74) is 0. The fourth-order valence-corrected chi connectivity index (χ4v) is 2.01. The Morgan fingerprint density at radius 1 is 1.05 bits per heavy atom. The number of halogens is 7. The average molecular weight is 328 g/mol. The van der Waals surface area contributed by atoms with Gasteiger partial charge in [-0.3, -0.25) is 9.59 Å². The quantitative estimate of drug-likeness (QED) is 0.697. The van der Waals surface area contributed by atoms with Crippen LogP contribution in [0.25, 0.3) is 0 Å². The predicted molar refractivity (Wildman–Crippen MR) is 57.9 cm³/mol. The van der Waals surface area contributed by atoms with E-state index in [2.05, 4.69) is 0 Å². The molecule has 0 rings (SSSR count). The van der Waals surface area contributed by atoms with Crippen LogP contribution in [-0.2, 0) is 9.59 Å². The largest absolute Gasteiger partial charge is 0.459 e. The third-order valence-corrected chi connectivity index (χ3v) is 3.13. The van der Waals surface area contributed by atoms with E-state index in [-0.39, 0.29) is 17.5 Å². The van der Waals surface area contributed by atoms with Crippen LogP contribution in [0.4, 0.5) is 30.7 Å². The first-order valence-electron chi connectivity index (χ1n) is 5.27. The standard InChI is InChI=1S/C10H11F7O2S/c1-3-20-7(19)6(4-5(2)18)8(11,12)9(13,14)10(15,16)17/h6H,3-4H2,1-2H3. The zero-order valence-electron chi connectivity index (χ0n) is 10.4. The fourth-order valence-electron chi connectivity index (χ4n) is 1.30. The Labute approximate surface area is 114 Å². The highest BCUT2D eigenvalue weighted by atomic mass is 32.2. The molecule has 0 aliphatic heterocycles. The van der Waals surface area contributed by atoms with Crippen LogP contribution in [-0.4, -0.2) is 34.7 Å². The summed E-state index contributed by atoms with van der Waals surface area (Å²) >= 11 is 0.163. The lowest BCUT2D eigenvalue weighted by molar-refractivity contribution is -0.362. The van der Waals surface area contributed by atoms with Gasteiger partial charge >= 0.3 is 18.0 Å². The molecular formula is C10H11F7O2S. The number of carbonyl (C=O) groups excluding carboxylic acids is 2. The summed E-state index contributed by atoms with van der Waals surface area (Å²) in [6, 6.07) is 0. The van der Waals surface area contributed by atoms with Crippen LogP contribution >= 0.6 is 11.8 Å². The van der Waals surface area contributed by atoms with E-state index in [1.807, 2.05) is 0 Å². The lowest BCUT2D eigenvalue weighted by Crippen LogP contribution is -2.57. The van der Waals surface area contributed by atoms with E-state index in [0.29, 0.717) is 0 Å². The molecule has 10 heteroatoms. The second kappa shape index (κ2) is 6.31. The van der Waals surface area contributed by atoms with E-state index in [1.54, 1.807) is 0 Å². The first kappa shape index (κ1) is 19.2. The molecule has 1 atom stereocenters. The SMILES string of the molecule is CCSC(=O)C(CC(C)=O)C(F)(F)C(F)(F)C(F)(F)F. The summed E-state index contributed by atoms with van der Waals surface area (Å²) in [5, 5.41) is -1.57. The Bertz CT molecular complexity index is 378. The van der Waals surface area contributed by atoms with Gasteiger partial charge < -0.3 is 0 Å². The molecule has 20 heavy (non-hydrogen) atoms. The molecule has 0 bridgehead atoms. The topological polar surface area (TPSA) is 34.1 Å². The minimum Gasteiger partial charge on any atom is -0.300 e. The molecular weight excluding hydrogens is 317 g/mol. The molecule has 0 saturated heterocycles. The number of alkyl halides is 7. The van der Waals surface area contributed by atoms with Gasteiger partial charge in [0.15, 0.2) is 5.12 Å². The van der Waals surface area contributed by atoms with Crippen molar-refractivity contribution in [3.63, 3.8) is 0 Å². The molecule has 118 valence electrons. The molecule has 0 saturated carbocycles. The Balaban J connectivity index is 5.64. The highest BCUT2D eigenvalue weighted by Gasteiger charge is 2.76. The number of hydrogen-bond donors (Lipinski definition) is 0. The van der Waals surface area contributed by atoms with Crippen LogP contribution in [0.3, 0.4) is 0 Å². The van der Waals surface area contributed by atoms with Crippen molar-refractivity contribution in [2.45, 2.75) is 38.3 Å². The van der Waals surface area contributed by atoms with Crippen LogP contribution < -0.4 is 0 Å². The summed E-state index contributed by atoms with van der Waals surface area (Å²) in [5.74, 6) is -16.3. The van der Waals surface area contributed by atoms with Gasteiger partial charge in [-0.2, -0.15) is 30.7 Å². The highest BCUT2D eigenvalue weighted by molar-refractivity contribution is 8.13. The summed E-state index contributed by atoms with van der Waals surface area (Å²) in [6.45, 7) is 2.05. The van der Waals surface area contributed by atoms with Crippen molar-refractivity contribution < 1.29 is 40.3 Å². The fraction of sp³-hybridized carbons (Fsp3) is 0.800. The van der Waals surface area contributed by atoms with Crippen LogP contribution in [0.15, 0.2) is 0 Å². The van der Waals surface area contributed by atoms with Gasteiger partial charge in [0.1, 0.15) is 11.7 Å². The monoisotopic (exact) mass is 328 g/mol. The maximum absolute atomic E-state index is 13.4. The smallest absolute Gasteiger partial charge is 0.300 e. The normalized spacial score (nSPS) is 15.1. The molecule has 0 aromatic rings. The minimum atomic E-state index is -6.53. The third kappa shape index (κ3) is 3.86. The molecule has 0 aromatic carbocycles. The van der Waals surface area contributed by atoms with Crippen molar-refractivity contribution in [1.29, 1.82) is 0 Å². The summed E-state index contributed by atoms with van der Waals surface area (Å²) in [7, 11) is 0. The van der Waals surface area contributed by atoms with Gasteiger partial charge in [-0.05, 0) is 12.7 Å². The Morgan fingerprint density at radius 2 is 1.50 bits per heavy atom. The van der Waals surface area contributed by atoms with Crippen molar-refractivity contribution in [3.05, 3.63) is 0 Å². The van der Waals surface area contributed by atoms with Crippen molar-refractivity contribution in [2.24, 2.45) is 5.92 Å². The highest BCUT2D eigenvalue weighted by Crippen LogP contribution is 2.51. The summed E-state index contributed by atoms with van der Waals surface area (Å²) < 4.78 is 88.7. The predicted octanol–water partition coefficient (Wildman–Crippen LogP) is 3.69. The van der Waals surface area contributed by atoms with E-state index in [1.165, 1.54) is 6.92 Å².